The molecule has 1 amide bonds. The van der Waals surface area contributed by atoms with Crippen molar-refractivity contribution in [2.45, 2.75) is 43.1 Å². The van der Waals surface area contributed by atoms with Crippen LogP contribution in [0.15, 0.2) is 0 Å². The molecule has 1 saturated heterocycles. The van der Waals surface area contributed by atoms with Crippen molar-refractivity contribution in [3.8, 4) is 0 Å². The Morgan fingerprint density at radius 2 is 1.82 bits per heavy atom. The third-order valence-electron chi connectivity index (χ3n) is 2.88. The van der Waals surface area contributed by atoms with Crippen LogP contribution in [0.25, 0.3) is 0 Å². The van der Waals surface area contributed by atoms with Crippen LogP contribution in [0, 0.1) is 5.92 Å². The zero-order valence-corrected chi connectivity index (χ0v) is 12.5. The van der Waals surface area contributed by atoms with E-state index in [4.69, 9.17) is 34.8 Å². The SMILES string of the molecule is CC(C)CC(=O)N[C@H]([NH+]1CCCC1)C(Cl)(Cl)Cl. The van der Waals surface area contributed by atoms with Crippen molar-refractivity contribution < 1.29 is 9.69 Å². The molecule has 1 aliphatic rings. The fourth-order valence-corrected chi connectivity index (χ4v) is 2.75. The Morgan fingerprint density at radius 3 is 2.24 bits per heavy atom. The van der Waals surface area contributed by atoms with E-state index in [1.807, 2.05) is 13.8 Å². The first kappa shape index (κ1) is 15.4. The van der Waals surface area contributed by atoms with Crippen LogP contribution < -0.4 is 10.2 Å². The summed E-state index contributed by atoms with van der Waals surface area (Å²) in [6.45, 7) is 5.88. The van der Waals surface area contributed by atoms with Gasteiger partial charge in [-0.3, -0.25) is 4.79 Å². The number of hydrogen-bond donors (Lipinski definition) is 2. The Labute approximate surface area is 118 Å². The number of quaternary nitrogens is 1. The summed E-state index contributed by atoms with van der Waals surface area (Å²) in [4.78, 5) is 12.9. The molecule has 0 bridgehead atoms. The largest absolute Gasteiger partial charge is 0.312 e. The topological polar surface area (TPSA) is 33.5 Å². The van der Waals surface area contributed by atoms with Crippen molar-refractivity contribution in [2.24, 2.45) is 5.92 Å². The molecule has 1 fully saturated rings. The molecule has 3 nitrogen and oxygen atoms in total. The number of alkyl halides is 3. The minimum absolute atomic E-state index is 0.0456. The summed E-state index contributed by atoms with van der Waals surface area (Å²) in [5, 5.41) is 2.86. The van der Waals surface area contributed by atoms with Crippen LogP contribution >= 0.6 is 34.8 Å². The van der Waals surface area contributed by atoms with Gasteiger partial charge in [0.25, 0.3) is 3.79 Å². The maximum absolute atomic E-state index is 11.8. The predicted molar refractivity (Wildman–Crippen MR) is 71.6 cm³/mol. The highest BCUT2D eigenvalue weighted by Gasteiger charge is 2.43. The van der Waals surface area contributed by atoms with E-state index in [0.717, 1.165) is 30.8 Å². The van der Waals surface area contributed by atoms with Crippen LogP contribution in [-0.2, 0) is 4.79 Å². The highest BCUT2D eigenvalue weighted by atomic mass is 35.6. The quantitative estimate of drug-likeness (QED) is 0.759. The molecule has 0 spiro atoms. The maximum Gasteiger partial charge on any atom is 0.262 e. The van der Waals surface area contributed by atoms with Gasteiger partial charge in [0.2, 0.25) is 12.1 Å². The summed E-state index contributed by atoms with van der Waals surface area (Å²) < 4.78 is -1.45. The Morgan fingerprint density at radius 1 is 1.29 bits per heavy atom. The maximum atomic E-state index is 11.8. The molecular weight excluding hydrogens is 282 g/mol. The minimum atomic E-state index is -1.45. The third-order valence-corrected chi connectivity index (χ3v) is 3.53. The van der Waals surface area contributed by atoms with E-state index in [2.05, 4.69) is 5.32 Å². The van der Waals surface area contributed by atoms with E-state index in [1.165, 1.54) is 0 Å². The molecule has 1 rings (SSSR count). The first-order valence-corrected chi connectivity index (χ1v) is 7.14. The van der Waals surface area contributed by atoms with Gasteiger partial charge < -0.3 is 10.2 Å². The van der Waals surface area contributed by atoms with E-state index < -0.39 is 9.96 Å². The van der Waals surface area contributed by atoms with Gasteiger partial charge in [0.05, 0.1) is 13.1 Å². The van der Waals surface area contributed by atoms with Gasteiger partial charge >= 0.3 is 0 Å². The van der Waals surface area contributed by atoms with Gasteiger partial charge in [0.15, 0.2) is 0 Å². The lowest BCUT2D eigenvalue weighted by atomic mass is 10.1. The highest BCUT2D eigenvalue weighted by molar-refractivity contribution is 6.68. The van der Waals surface area contributed by atoms with E-state index in [9.17, 15) is 4.79 Å². The van der Waals surface area contributed by atoms with Gasteiger partial charge in [-0.05, 0) is 5.92 Å². The van der Waals surface area contributed by atoms with Crippen LogP contribution in [0.2, 0.25) is 0 Å². The van der Waals surface area contributed by atoms with Crippen molar-refractivity contribution in [2.75, 3.05) is 13.1 Å². The van der Waals surface area contributed by atoms with Gasteiger partial charge in [-0.15, -0.1) is 0 Å². The fourth-order valence-electron chi connectivity index (χ4n) is 2.12. The van der Waals surface area contributed by atoms with Gasteiger partial charge in [0.1, 0.15) is 0 Å². The second kappa shape index (κ2) is 6.46. The average molecular weight is 303 g/mol. The smallest absolute Gasteiger partial charge is 0.262 e. The second-order valence-electron chi connectivity index (χ2n) is 5.01. The molecular formula is C11H20Cl3N2O+. The molecule has 0 unspecified atom stereocenters. The summed E-state index contributed by atoms with van der Waals surface area (Å²) in [6.07, 6.45) is 2.25. The summed E-state index contributed by atoms with van der Waals surface area (Å²) in [6, 6.07) is 0. The standard InChI is InChI=1S/C11H19Cl3N2O/c1-8(2)7-9(17)15-10(11(12,13)14)16-5-3-4-6-16/h8,10H,3-7H2,1-2H3,(H,15,17)/p+1/t10-/m1/s1. The van der Waals surface area contributed by atoms with E-state index in [-0.39, 0.29) is 5.91 Å². The van der Waals surface area contributed by atoms with Crippen LogP contribution in [-0.4, -0.2) is 29.0 Å². The molecule has 0 aliphatic carbocycles. The molecule has 0 radical (unpaired) electrons. The number of hydrogen-bond acceptors (Lipinski definition) is 1. The monoisotopic (exact) mass is 301 g/mol. The Balaban J connectivity index is 2.61. The molecule has 1 aliphatic heterocycles. The lowest BCUT2D eigenvalue weighted by Gasteiger charge is -2.30. The number of likely N-dealkylation sites (tertiary alicyclic amines) is 1. The van der Waals surface area contributed by atoms with Crippen molar-refractivity contribution in [1.82, 2.24) is 5.32 Å². The fraction of sp³-hybridized carbons (Fsp3) is 0.909. The average Bonchev–Trinajstić information content (AvgIpc) is 2.63. The Hall–Kier alpha value is 0.300. The molecule has 2 N–H and O–H groups in total. The number of halogens is 3. The normalized spacial score (nSPS) is 19.6. The predicted octanol–water partition coefficient (Wildman–Crippen LogP) is 1.52. The van der Waals surface area contributed by atoms with Gasteiger partial charge in [-0.2, -0.15) is 0 Å². The number of amides is 1. The molecule has 0 saturated carbocycles. The van der Waals surface area contributed by atoms with Gasteiger partial charge in [0, 0.05) is 19.3 Å². The summed E-state index contributed by atoms with van der Waals surface area (Å²) >= 11 is 17.9. The third kappa shape index (κ3) is 5.21. The summed E-state index contributed by atoms with van der Waals surface area (Å²) in [5.41, 5.74) is 0. The Kier molecular flexibility index (Phi) is 5.84. The molecule has 1 atom stereocenters. The first-order chi connectivity index (χ1) is 7.80. The van der Waals surface area contributed by atoms with E-state index in [1.54, 1.807) is 0 Å². The zero-order chi connectivity index (χ0) is 13.1. The lowest BCUT2D eigenvalue weighted by Crippen LogP contribution is -3.17. The highest BCUT2D eigenvalue weighted by Crippen LogP contribution is 2.28. The van der Waals surface area contributed by atoms with Crippen molar-refractivity contribution in [1.29, 1.82) is 0 Å². The summed E-state index contributed by atoms with van der Waals surface area (Å²) in [7, 11) is 0. The van der Waals surface area contributed by atoms with Crippen molar-refractivity contribution in [3.05, 3.63) is 0 Å². The molecule has 0 aromatic carbocycles. The molecule has 6 heteroatoms. The zero-order valence-electron chi connectivity index (χ0n) is 10.2. The molecule has 100 valence electrons. The number of carbonyl (C=O) groups excluding carboxylic acids is 1. The minimum Gasteiger partial charge on any atom is -0.312 e. The summed E-state index contributed by atoms with van der Waals surface area (Å²) in [5.74, 6) is 0.260. The first-order valence-electron chi connectivity index (χ1n) is 6.01. The molecule has 0 aromatic heterocycles. The van der Waals surface area contributed by atoms with E-state index >= 15 is 0 Å². The van der Waals surface area contributed by atoms with Crippen molar-refractivity contribution in [3.63, 3.8) is 0 Å². The molecule has 17 heavy (non-hydrogen) atoms. The van der Waals surface area contributed by atoms with Crippen LogP contribution in [0.5, 0.6) is 0 Å². The van der Waals surface area contributed by atoms with Crippen LogP contribution in [0.3, 0.4) is 0 Å². The van der Waals surface area contributed by atoms with Crippen LogP contribution in [0.1, 0.15) is 33.1 Å². The Bertz CT molecular complexity index is 260. The van der Waals surface area contributed by atoms with Crippen molar-refractivity contribution >= 4 is 40.7 Å². The van der Waals surface area contributed by atoms with Gasteiger partial charge in [-0.1, -0.05) is 48.7 Å². The second-order valence-corrected chi connectivity index (χ2v) is 7.37. The van der Waals surface area contributed by atoms with Gasteiger partial charge in [-0.25, -0.2) is 0 Å². The van der Waals surface area contributed by atoms with E-state index in [0.29, 0.717) is 12.3 Å². The lowest BCUT2D eigenvalue weighted by molar-refractivity contribution is -0.915. The van der Waals surface area contributed by atoms with Crippen LogP contribution in [0.4, 0.5) is 0 Å². The molecule has 0 aromatic rings. The molecule has 1 heterocycles. The number of carbonyl (C=O) groups is 1. The number of rotatable bonds is 4. The number of nitrogens with one attached hydrogen (secondary N) is 2.